The van der Waals surface area contributed by atoms with E-state index in [-0.39, 0.29) is 19.8 Å². The Labute approximate surface area is 527 Å². The summed E-state index contributed by atoms with van der Waals surface area (Å²) in [5.41, 5.74) is 17.0. The van der Waals surface area contributed by atoms with Gasteiger partial charge in [0.05, 0.1) is 55.8 Å². The Morgan fingerprint density at radius 1 is 0.382 bits per heavy atom. The normalized spacial score (nSPS) is 11.7. The molecule has 10 heteroatoms. The number of aliphatic hydroxyl groups excluding tert-OH is 2. The minimum Gasteiger partial charge on any atom is -0.494 e. The number of nitrogens with one attached hydrogen (secondary N) is 2. The lowest BCUT2D eigenvalue weighted by molar-refractivity contribution is 0.242. The predicted octanol–water partition coefficient (Wildman–Crippen LogP) is 20.1. The summed E-state index contributed by atoms with van der Waals surface area (Å²) in [7, 11) is 0. The summed E-state index contributed by atoms with van der Waals surface area (Å²) < 4.78 is 25.3. The average Bonchev–Trinajstić information content (AvgIpc) is 2.11. The Morgan fingerprint density at radius 3 is 0.989 bits per heavy atom. The summed E-state index contributed by atoms with van der Waals surface area (Å²) in [6.07, 6.45) is 35.9. The molecule has 8 aromatic rings. The van der Waals surface area contributed by atoms with Gasteiger partial charge >= 0.3 is 0 Å². The number of terminal acetylenes is 1. The van der Waals surface area contributed by atoms with Crippen molar-refractivity contribution in [1.29, 1.82) is 0 Å². The third-order valence-corrected chi connectivity index (χ3v) is 16.9. The molecule has 2 aliphatic rings. The molecule has 8 bridgehead atoms. The first-order chi connectivity index (χ1) is 43.9. The summed E-state index contributed by atoms with van der Waals surface area (Å²) in [6, 6.07) is 45.7. The Hall–Kier alpha value is -8.62. The number of rotatable bonds is 33. The zero-order chi connectivity index (χ0) is 61.6. The number of ether oxygens (including phenoxy) is 4. The van der Waals surface area contributed by atoms with Crippen LogP contribution in [0.25, 0.3) is 90.9 Å². The van der Waals surface area contributed by atoms with Crippen LogP contribution in [0.4, 0.5) is 0 Å². The molecule has 3 aromatic heterocycles. The largest absolute Gasteiger partial charge is 0.494 e. The van der Waals surface area contributed by atoms with Gasteiger partial charge in [0.1, 0.15) is 29.6 Å². The number of benzene rings is 5. The summed E-state index contributed by atoms with van der Waals surface area (Å²) in [5.74, 6) is 5.57. The van der Waals surface area contributed by atoms with Crippen molar-refractivity contribution in [3.63, 3.8) is 0 Å². The molecule has 0 unspecified atom stereocenters. The molecule has 0 spiro atoms. The maximum Gasteiger partial charge on any atom is 0.130 e. The number of aromatic nitrogens is 4. The van der Waals surface area contributed by atoms with Crippen LogP contribution < -0.4 is 18.9 Å². The first-order valence-corrected chi connectivity index (χ1v) is 32.8. The highest BCUT2D eigenvalue weighted by atomic mass is 16.5. The molecule has 0 atom stereocenters. The minimum absolute atomic E-state index is 0.198. The number of nitrogens with zero attached hydrogens (tertiary/aromatic N) is 2. The van der Waals surface area contributed by atoms with Crippen LogP contribution in [-0.4, -0.2) is 50.0 Å². The molecule has 0 saturated carbocycles. The van der Waals surface area contributed by atoms with Crippen LogP contribution in [0.5, 0.6) is 23.0 Å². The van der Waals surface area contributed by atoms with Gasteiger partial charge in [0, 0.05) is 61.0 Å². The summed E-state index contributed by atoms with van der Waals surface area (Å²) in [4.78, 5) is 19.0. The second-order valence-corrected chi connectivity index (χ2v) is 23.5. The van der Waals surface area contributed by atoms with Gasteiger partial charge in [-0.1, -0.05) is 184 Å². The standard InChI is InChI=1S/C79H88N4O6/c1-5-9-12-15-18-21-48-86-64-34-28-59(29-35-64)76-69-42-40-67(80-69)75(58-26-24-57(25-27-58)55-89-79-62(53-84)51-56(8-4)52-63(79)54-85)68-41-43-70(81-68)77(60-30-36-65(37-31-60)87-49-22-19-16-13-10-6-2)72-45-47-74(83-72)78(73-46-44-71(76)82-73)61-32-38-66(39-33-61)88-50-23-20-17-14-11-7-3/h4,24-47,51-52,80,83-85H,5-7,9-23,48-50,53-55H2,1-3H3. The quantitative estimate of drug-likeness (QED) is 0.0236. The van der Waals surface area contributed by atoms with E-state index in [0.717, 1.165) is 131 Å². The first kappa shape index (κ1) is 63.4. The molecule has 460 valence electrons. The fourth-order valence-electron chi connectivity index (χ4n) is 12.0. The number of hydrogen-bond donors (Lipinski definition) is 4. The van der Waals surface area contributed by atoms with E-state index in [4.69, 9.17) is 35.3 Å². The van der Waals surface area contributed by atoms with Crippen molar-refractivity contribution in [2.75, 3.05) is 19.8 Å². The van der Waals surface area contributed by atoms with Gasteiger partial charge in [0.15, 0.2) is 0 Å². The molecule has 0 radical (unpaired) electrons. The van der Waals surface area contributed by atoms with Gasteiger partial charge in [-0.3, -0.25) is 0 Å². The molecule has 0 amide bonds. The van der Waals surface area contributed by atoms with Gasteiger partial charge in [-0.05, 0) is 144 Å². The number of hydrogen-bond acceptors (Lipinski definition) is 8. The van der Waals surface area contributed by atoms with Crippen LogP contribution >= 0.6 is 0 Å². The van der Waals surface area contributed by atoms with E-state index < -0.39 is 0 Å². The van der Waals surface area contributed by atoms with E-state index in [1.54, 1.807) is 12.1 Å². The molecule has 89 heavy (non-hydrogen) atoms. The van der Waals surface area contributed by atoms with Crippen molar-refractivity contribution in [2.45, 2.75) is 156 Å². The van der Waals surface area contributed by atoms with Gasteiger partial charge in [-0.25, -0.2) is 9.97 Å². The van der Waals surface area contributed by atoms with Gasteiger partial charge in [-0.2, -0.15) is 0 Å². The van der Waals surface area contributed by atoms with Crippen molar-refractivity contribution in [3.8, 4) is 79.8 Å². The summed E-state index contributed by atoms with van der Waals surface area (Å²) >= 11 is 0. The molecular weight excluding hydrogens is 1100 g/mol. The van der Waals surface area contributed by atoms with E-state index in [1.807, 2.05) is 12.1 Å². The van der Waals surface area contributed by atoms with Crippen molar-refractivity contribution < 1.29 is 29.2 Å². The lowest BCUT2D eigenvalue weighted by atomic mass is 10.0. The number of H-pyrrole nitrogens is 2. The van der Waals surface area contributed by atoms with Crippen LogP contribution in [0.15, 0.2) is 133 Å². The van der Waals surface area contributed by atoms with Gasteiger partial charge < -0.3 is 39.1 Å². The second-order valence-electron chi connectivity index (χ2n) is 23.5. The van der Waals surface area contributed by atoms with Crippen molar-refractivity contribution in [2.24, 2.45) is 0 Å². The summed E-state index contributed by atoms with van der Waals surface area (Å²) in [5, 5.41) is 20.6. The van der Waals surface area contributed by atoms with E-state index in [0.29, 0.717) is 42.3 Å². The fourth-order valence-corrected chi connectivity index (χ4v) is 12.0. The molecule has 5 heterocycles. The Kier molecular flexibility index (Phi) is 23.2. The molecule has 5 aromatic carbocycles. The number of unbranched alkanes of at least 4 members (excludes halogenated alkanes) is 15. The number of aromatic amines is 2. The van der Waals surface area contributed by atoms with Crippen molar-refractivity contribution >= 4 is 46.4 Å². The Balaban J connectivity index is 1.11. The number of aliphatic hydroxyl groups is 2. The zero-order valence-corrected chi connectivity index (χ0v) is 52.5. The van der Waals surface area contributed by atoms with Gasteiger partial charge in [0.25, 0.3) is 0 Å². The van der Waals surface area contributed by atoms with Gasteiger partial charge in [-0.15, -0.1) is 6.42 Å². The molecule has 0 fully saturated rings. The first-order valence-electron chi connectivity index (χ1n) is 32.8. The van der Waals surface area contributed by atoms with Crippen LogP contribution in [-0.2, 0) is 19.8 Å². The highest BCUT2D eigenvalue weighted by Gasteiger charge is 2.21. The van der Waals surface area contributed by atoms with E-state index in [1.165, 1.54) is 96.3 Å². The van der Waals surface area contributed by atoms with Gasteiger partial charge in [0.2, 0.25) is 0 Å². The molecule has 10 nitrogen and oxygen atoms in total. The third kappa shape index (κ3) is 16.6. The van der Waals surface area contributed by atoms with E-state index >= 15 is 0 Å². The fraction of sp³-hybridized carbons (Fsp3) is 0.342. The van der Waals surface area contributed by atoms with E-state index in [2.05, 4.69) is 170 Å². The average molecular weight is 1190 g/mol. The van der Waals surface area contributed by atoms with Crippen LogP contribution in [0.3, 0.4) is 0 Å². The molecule has 0 saturated heterocycles. The smallest absolute Gasteiger partial charge is 0.130 e. The SMILES string of the molecule is C#Cc1cc(CO)c(OCc2ccc(-c3c4nc(c(-c5ccc(OCCCCCCCC)cc5)c5ccc([nH]5)c(-c5ccc(OCCCCCCCC)cc5)c5nc(c(-c6ccc(OCCCCCCCC)cc6)c6ccc3[nH]6)C=C5)C=C4)cc2)c(CO)c1. The zero-order valence-electron chi connectivity index (χ0n) is 52.5. The molecule has 0 aliphatic carbocycles. The van der Waals surface area contributed by atoms with Crippen molar-refractivity contribution in [1.82, 2.24) is 19.9 Å². The monoisotopic (exact) mass is 1190 g/mol. The minimum atomic E-state index is -0.282. The molecule has 10 rings (SSSR count). The Bertz CT molecular complexity index is 3780. The predicted molar refractivity (Wildman–Crippen MR) is 368 cm³/mol. The highest BCUT2D eigenvalue weighted by Crippen LogP contribution is 2.40. The molecule has 4 N–H and O–H groups in total. The van der Waals surface area contributed by atoms with E-state index in [9.17, 15) is 10.2 Å². The van der Waals surface area contributed by atoms with Crippen LogP contribution in [0.2, 0.25) is 0 Å². The molecular formula is C79H88N4O6. The van der Waals surface area contributed by atoms with Crippen molar-refractivity contribution in [3.05, 3.63) is 178 Å². The maximum atomic E-state index is 10.3. The lowest BCUT2D eigenvalue weighted by Crippen LogP contribution is -2.03. The van der Waals surface area contributed by atoms with Crippen LogP contribution in [0, 0.1) is 12.3 Å². The second kappa shape index (κ2) is 32.6. The maximum absolute atomic E-state index is 10.3. The Morgan fingerprint density at radius 2 is 0.685 bits per heavy atom. The van der Waals surface area contributed by atoms with Crippen LogP contribution in [0.1, 0.15) is 181 Å². The number of fused-ring (bicyclic) bond motifs is 8. The topological polar surface area (TPSA) is 135 Å². The summed E-state index contributed by atoms with van der Waals surface area (Å²) in [6.45, 7) is 8.44. The third-order valence-electron chi connectivity index (χ3n) is 16.9. The highest BCUT2D eigenvalue weighted by molar-refractivity contribution is 6.00. The lowest BCUT2D eigenvalue weighted by Gasteiger charge is -2.15. The molecule has 2 aliphatic heterocycles.